The molecule has 1 saturated carbocycles. The van der Waals surface area contributed by atoms with E-state index >= 15 is 0 Å². The minimum atomic E-state index is -4.75. The van der Waals surface area contributed by atoms with Crippen LogP contribution in [0.15, 0.2) is 49.0 Å². The zero-order valence-electron chi connectivity index (χ0n) is 21.3. The van der Waals surface area contributed by atoms with Gasteiger partial charge in [0.1, 0.15) is 11.4 Å². The Morgan fingerprint density at radius 1 is 1.15 bits per heavy atom. The van der Waals surface area contributed by atoms with Gasteiger partial charge in [-0.2, -0.15) is 22.5 Å². The largest absolute Gasteiger partial charge is 0.421 e. The van der Waals surface area contributed by atoms with Crippen molar-refractivity contribution in [2.45, 2.75) is 50.7 Å². The number of hydrogen-bond acceptors (Lipinski definition) is 7. The molecular formula is C26H31F3N6O3S. The maximum absolute atomic E-state index is 13.9. The van der Waals surface area contributed by atoms with Crippen LogP contribution in [0.3, 0.4) is 0 Å². The van der Waals surface area contributed by atoms with Gasteiger partial charge in [-0.1, -0.05) is 44.9 Å². The van der Waals surface area contributed by atoms with Gasteiger partial charge >= 0.3 is 6.18 Å². The van der Waals surface area contributed by atoms with Crippen molar-refractivity contribution in [2.75, 3.05) is 29.0 Å². The highest BCUT2D eigenvalue weighted by molar-refractivity contribution is 7.92. The molecule has 4 rings (SSSR count). The molecule has 1 aliphatic carbocycles. The van der Waals surface area contributed by atoms with Crippen LogP contribution in [0.25, 0.3) is 0 Å². The van der Waals surface area contributed by atoms with Gasteiger partial charge in [-0.25, -0.2) is 13.4 Å². The summed E-state index contributed by atoms with van der Waals surface area (Å²) in [6.07, 6.45) is 2.83. The predicted molar refractivity (Wildman–Crippen MR) is 144 cm³/mol. The monoisotopic (exact) mass is 564 g/mol. The van der Waals surface area contributed by atoms with Gasteiger partial charge in [-0.3, -0.25) is 4.79 Å². The maximum Gasteiger partial charge on any atom is 0.421 e. The lowest BCUT2D eigenvalue weighted by molar-refractivity contribution is -0.137. The molecule has 1 amide bonds. The molecule has 1 saturated heterocycles. The summed E-state index contributed by atoms with van der Waals surface area (Å²) >= 11 is 0. The number of amides is 1. The van der Waals surface area contributed by atoms with Crippen molar-refractivity contribution >= 4 is 39.1 Å². The van der Waals surface area contributed by atoms with Crippen LogP contribution in [0.2, 0.25) is 0 Å². The fourth-order valence-corrected chi connectivity index (χ4v) is 5.87. The van der Waals surface area contributed by atoms with E-state index in [1.807, 2.05) is 6.07 Å². The first-order valence-corrected chi connectivity index (χ1v) is 14.2. The van der Waals surface area contributed by atoms with Gasteiger partial charge in [0.25, 0.3) is 0 Å². The summed E-state index contributed by atoms with van der Waals surface area (Å²) in [6, 6.07) is 4.79. The van der Waals surface area contributed by atoms with Crippen LogP contribution < -0.4 is 16.0 Å². The standard InChI is InChI=1S/C26H31F3N6O3S/c1-3-23(36)32-22-14-18(13-17-7-5-6-8-17)9-10-21(22)33-24-20(26(27,28)29)15-30-25(34-24)31-19-11-12-35(16-19)39(37,38)4-2/h3-4,9-10,14-15,17,19H,1-2,5-8,11-13,16H2,(H,32,36)(H2,30,31,33,34). The summed E-state index contributed by atoms with van der Waals surface area (Å²) in [4.78, 5) is 20.0. The second-order valence-electron chi connectivity index (χ2n) is 9.71. The number of benzene rings is 1. The third-order valence-electron chi connectivity index (χ3n) is 6.93. The molecule has 9 nitrogen and oxygen atoms in total. The molecule has 2 aromatic rings. The Morgan fingerprint density at radius 3 is 2.56 bits per heavy atom. The number of anilines is 4. The summed E-state index contributed by atoms with van der Waals surface area (Å²) in [7, 11) is -3.61. The quantitative estimate of drug-likeness (QED) is 0.346. The van der Waals surface area contributed by atoms with Crippen LogP contribution in [0.5, 0.6) is 0 Å². The molecule has 1 aliphatic heterocycles. The van der Waals surface area contributed by atoms with E-state index in [4.69, 9.17) is 0 Å². The number of halogens is 3. The second-order valence-corrected chi connectivity index (χ2v) is 11.6. The number of nitrogens with zero attached hydrogens (tertiary/aromatic N) is 3. The molecule has 2 aliphatic rings. The number of hydrogen-bond donors (Lipinski definition) is 3. The fourth-order valence-electron chi connectivity index (χ4n) is 4.91. The predicted octanol–water partition coefficient (Wildman–Crippen LogP) is 5.06. The normalized spacial score (nSPS) is 18.6. The van der Waals surface area contributed by atoms with E-state index in [-0.39, 0.29) is 24.7 Å². The number of rotatable bonds is 10. The van der Waals surface area contributed by atoms with E-state index in [0.717, 1.165) is 36.3 Å². The molecular weight excluding hydrogens is 533 g/mol. The maximum atomic E-state index is 13.9. The van der Waals surface area contributed by atoms with E-state index in [9.17, 15) is 26.4 Å². The lowest BCUT2D eigenvalue weighted by atomic mass is 9.97. The van der Waals surface area contributed by atoms with Crippen molar-refractivity contribution in [3.8, 4) is 0 Å². The van der Waals surface area contributed by atoms with Crippen molar-refractivity contribution in [3.05, 3.63) is 60.2 Å². The first-order valence-electron chi connectivity index (χ1n) is 12.6. The highest BCUT2D eigenvalue weighted by atomic mass is 32.2. The van der Waals surface area contributed by atoms with Crippen molar-refractivity contribution in [1.82, 2.24) is 14.3 Å². The van der Waals surface area contributed by atoms with Crippen LogP contribution in [-0.2, 0) is 27.4 Å². The van der Waals surface area contributed by atoms with E-state index in [0.29, 0.717) is 24.2 Å². The van der Waals surface area contributed by atoms with Crippen LogP contribution in [0.4, 0.5) is 36.3 Å². The highest BCUT2D eigenvalue weighted by Crippen LogP contribution is 2.37. The molecule has 39 heavy (non-hydrogen) atoms. The SMILES string of the molecule is C=CC(=O)Nc1cc(CC2CCCC2)ccc1Nc1nc(NC2CCN(S(=O)(=O)C=C)C2)ncc1C(F)(F)F. The fraction of sp³-hybridized carbons (Fsp3) is 0.423. The first kappa shape index (κ1) is 28.6. The molecule has 0 spiro atoms. The first-order chi connectivity index (χ1) is 18.5. The summed E-state index contributed by atoms with van der Waals surface area (Å²) in [5.41, 5.74) is 0.400. The van der Waals surface area contributed by atoms with Crippen LogP contribution in [0.1, 0.15) is 43.2 Å². The van der Waals surface area contributed by atoms with Crippen LogP contribution in [0, 0.1) is 5.92 Å². The molecule has 2 heterocycles. The average Bonchev–Trinajstić information content (AvgIpc) is 3.58. The van der Waals surface area contributed by atoms with Crippen molar-refractivity contribution in [2.24, 2.45) is 5.92 Å². The van der Waals surface area contributed by atoms with Gasteiger partial charge < -0.3 is 16.0 Å². The Labute approximate surface area is 225 Å². The van der Waals surface area contributed by atoms with Crippen LogP contribution in [-0.4, -0.2) is 47.7 Å². The van der Waals surface area contributed by atoms with Crippen molar-refractivity contribution < 1.29 is 26.4 Å². The third kappa shape index (κ3) is 7.15. The average molecular weight is 565 g/mol. The van der Waals surface area contributed by atoms with Gasteiger partial charge in [0.05, 0.1) is 11.4 Å². The number of aromatic nitrogens is 2. The molecule has 0 bridgehead atoms. The Balaban J connectivity index is 1.61. The molecule has 0 radical (unpaired) electrons. The minimum absolute atomic E-state index is 0.0946. The zero-order valence-corrected chi connectivity index (χ0v) is 22.1. The molecule has 210 valence electrons. The Bertz CT molecular complexity index is 1340. The number of carbonyl (C=O) groups excluding carboxylic acids is 1. The molecule has 2 fully saturated rings. The molecule has 1 aromatic carbocycles. The van der Waals surface area contributed by atoms with Crippen molar-refractivity contribution in [3.63, 3.8) is 0 Å². The summed E-state index contributed by atoms with van der Waals surface area (Å²) in [5.74, 6) is -0.571. The highest BCUT2D eigenvalue weighted by Gasteiger charge is 2.36. The lowest BCUT2D eigenvalue weighted by Gasteiger charge is -2.19. The van der Waals surface area contributed by atoms with Gasteiger partial charge in [0, 0.05) is 30.7 Å². The molecule has 13 heteroatoms. The van der Waals surface area contributed by atoms with Gasteiger partial charge in [-0.05, 0) is 42.5 Å². The summed E-state index contributed by atoms with van der Waals surface area (Å²) in [6.45, 7) is 7.09. The number of alkyl halides is 3. The van der Waals surface area contributed by atoms with E-state index in [1.165, 1.54) is 17.1 Å². The summed E-state index contributed by atoms with van der Waals surface area (Å²) < 4.78 is 66.9. The topological polar surface area (TPSA) is 116 Å². The minimum Gasteiger partial charge on any atom is -0.350 e. The molecule has 1 aromatic heterocycles. The van der Waals surface area contributed by atoms with Gasteiger partial charge in [0.15, 0.2) is 0 Å². The zero-order chi connectivity index (χ0) is 28.2. The lowest BCUT2D eigenvalue weighted by Crippen LogP contribution is -2.30. The number of carbonyl (C=O) groups is 1. The van der Waals surface area contributed by atoms with Gasteiger partial charge in [-0.15, -0.1) is 0 Å². The Morgan fingerprint density at radius 2 is 1.90 bits per heavy atom. The van der Waals surface area contributed by atoms with E-state index in [1.54, 1.807) is 12.1 Å². The molecule has 3 N–H and O–H groups in total. The Kier molecular flexibility index (Phi) is 8.60. The smallest absolute Gasteiger partial charge is 0.350 e. The molecule has 1 atom stereocenters. The Hall–Kier alpha value is -3.45. The van der Waals surface area contributed by atoms with E-state index < -0.39 is 39.5 Å². The molecule has 1 unspecified atom stereocenters. The number of nitrogens with one attached hydrogen (secondary N) is 3. The number of sulfonamides is 1. The van der Waals surface area contributed by atoms with Crippen LogP contribution >= 0.6 is 0 Å². The second kappa shape index (κ2) is 11.7. The van der Waals surface area contributed by atoms with Crippen molar-refractivity contribution in [1.29, 1.82) is 0 Å². The van der Waals surface area contributed by atoms with E-state index in [2.05, 4.69) is 39.1 Å². The summed E-state index contributed by atoms with van der Waals surface area (Å²) in [5, 5.41) is 9.18. The van der Waals surface area contributed by atoms with Gasteiger partial charge in [0.2, 0.25) is 21.9 Å². The third-order valence-corrected chi connectivity index (χ3v) is 8.40.